The van der Waals surface area contributed by atoms with E-state index in [1.54, 1.807) is 18.3 Å². The Bertz CT molecular complexity index is 1110. The van der Waals surface area contributed by atoms with Crippen LogP contribution >= 0.6 is 22.9 Å². The predicted octanol–water partition coefficient (Wildman–Crippen LogP) is 5.44. The van der Waals surface area contributed by atoms with Crippen molar-refractivity contribution >= 4 is 44.8 Å². The van der Waals surface area contributed by atoms with Crippen LogP contribution in [-0.4, -0.2) is 43.0 Å². The Morgan fingerprint density at radius 3 is 2.52 bits per heavy atom. The molecule has 2 aromatic rings. The van der Waals surface area contributed by atoms with E-state index in [1.807, 2.05) is 49.4 Å². The summed E-state index contributed by atoms with van der Waals surface area (Å²) in [6.07, 6.45) is 1.20. The van der Waals surface area contributed by atoms with Gasteiger partial charge in [0, 0.05) is 52.5 Å². The van der Waals surface area contributed by atoms with Crippen molar-refractivity contribution in [1.82, 2.24) is 4.90 Å². The highest BCUT2D eigenvalue weighted by Gasteiger charge is 2.39. The normalized spacial score (nSPS) is 20.5. The number of rotatable bonds is 4. The van der Waals surface area contributed by atoms with E-state index in [4.69, 9.17) is 21.1 Å². The summed E-state index contributed by atoms with van der Waals surface area (Å²) in [5.74, 6) is -0.915. The lowest BCUT2D eigenvalue weighted by molar-refractivity contribution is -0.148. The topological polar surface area (TPSA) is 55.8 Å². The Kier molecular flexibility index (Phi) is 6.24. The fourth-order valence-electron chi connectivity index (χ4n) is 4.46. The van der Waals surface area contributed by atoms with Crippen LogP contribution in [0.25, 0.3) is 10.1 Å². The average Bonchev–Trinajstić information content (AvgIpc) is 3.14. The van der Waals surface area contributed by atoms with Crippen LogP contribution in [0.2, 0.25) is 5.02 Å². The van der Waals surface area contributed by atoms with E-state index >= 15 is 0 Å². The number of nitrogens with zero attached hydrogens (tertiary/aromatic N) is 1. The van der Waals surface area contributed by atoms with Crippen molar-refractivity contribution in [2.45, 2.75) is 45.6 Å². The number of carbonyl (C=O) groups excluding carboxylic acids is 2. The highest BCUT2D eigenvalue weighted by molar-refractivity contribution is 7.17. The fourth-order valence-corrected chi connectivity index (χ4v) is 5.60. The molecule has 4 rings (SSSR count). The molecule has 1 unspecified atom stereocenters. The van der Waals surface area contributed by atoms with Gasteiger partial charge in [0.2, 0.25) is 0 Å². The minimum atomic E-state index is -0.492. The summed E-state index contributed by atoms with van der Waals surface area (Å²) < 4.78 is 12.4. The zero-order valence-electron chi connectivity index (χ0n) is 18.2. The van der Waals surface area contributed by atoms with Gasteiger partial charge in [-0.15, -0.1) is 11.3 Å². The van der Waals surface area contributed by atoms with Gasteiger partial charge in [-0.25, -0.2) is 4.79 Å². The van der Waals surface area contributed by atoms with E-state index in [2.05, 4.69) is 0 Å². The number of allylic oxidation sites excluding steroid dienone is 3. The molecule has 1 aromatic heterocycles. The van der Waals surface area contributed by atoms with Crippen LogP contribution in [0.5, 0.6) is 0 Å². The number of esters is 1. The second-order valence-corrected chi connectivity index (χ2v) is 9.44. The first-order valence-electron chi connectivity index (χ1n) is 10.4. The SMILES string of the molecule is CC(=O)C1=C(C)N(C)C(C)=C(C(=O)OC2CCOCC2)C1c1csc2ccc(Cl)cc12. The predicted molar refractivity (Wildman–Crippen MR) is 123 cm³/mol. The van der Waals surface area contributed by atoms with E-state index < -0.39 is 5.92 Å². The summed E-state index contributed by atoms with van der Waals surface area (Å²) in [6.45, 7) is 6.57. The molecule has 0 N–H and O–H groups in total. The summed E-state index contributed by atoms with van der Waals surface area (Å²) in [4.78, 5) is 28.2. The van der Waals surface area contributed by atoms with Gasteiger partial charge >= 0.3 is 5.97 Å². The van der Waals surface area contributed by atoms with Crippen molar-refractivity contribution < 1.29 is 19.1 Å². The van der Waals surface area contributed by atoms with Crippen molar-refractivity contribution in [3.8, 4) is 0 Å². The van der Waals surface area contributed by atoms with Gasteiger partial charge in [0.25, 0.3) is 0 Å². The summed E-state index contributed by atoms with van der Waals surface area (Å²) in [7, 11) is 1.88. The minimum absolute atomic E-state index is 0.0559. The van der Waals surface area contributed by atoms with Crippen LogP contribution in [0, 0.1) is 0 Å². The first-order chi connectivity index (χ1) is 14.8. The molecule has 2 aliphatic heterocycles. The van der Waals surface area contributed by atoms with E-state index in [0.29, 0.717) is 42.2 Å². The van der Waals surface area contributed by atoms with E-state index in [0.717, 1.165) is 27.0 Å². The molecule has 1 atom stereocenters. The van der Waals surface area contributed by atoms with Gasteiger partial charge in [0.15, 0.2) is 5.78 Å². The standard InChI is InChI=1S/C24H26ClNO4S/c1-13-21(15(3)27)23(19-12-31-20-6-5-16(25)11-18(19)20)22(14(2)26(13)4)24(28)30-17-7-9-29-10-8-17/h5-6,11-12,17,23H,7-10H2,1-4H3. The van der Waals surface area contributed by atoms with Gasteiger partial charge in [-0.05, 0) is 55.3 Å². The van der Waals surface area contributed by atoms with Gasteiger partial charge in [-0.2, -0.15) is 0 Å². The molecule has 31 heavy (non-hydrogen) atoms. The molecule has 3 heterocycles. The van der Waals surface area contributed by atoms with Crippen molar-refractivity contribution in [2.24, 2.45) is 0 Å². The number of carbonyl (C=O) groups is 2. The van der Waals surface area contributed by atoms with Crippen LogP contribution < -0.4 is 0 Å². The first kappa shape index (κ1) is 22.1. The molecule has 0 bridgehead atoms. The summed E-state index contributed by atoms with van der Waals surface area (Å²) in [5, 5.41) is 3.61. The molecule has 0 radical (unpaired) electrons. The Labute approximate surface area is 191 Å². The lowest BCUT2D eigenvalue weighted by Crippen LogP contribution is -2.34. The number of ketones is 1. The molecule has 0 amide bonds. The summed E-state index contributed by atoms with van der Waals surface area (Å²) in [6, 6.07) is 5.74. The zero-order chi connectivity index (χ0) is 22.3. The van der Waals surface area contributed by atoms with Crippen molar-refractivity contribution in [3.63, 3.8) is 0 Å². The van der Waals surface area contributed by atoms with Crippen LogP contribution in [0.4, 0.5) is 0 Å². The van der Waals surface area contributed by atoms with Crippen LogP contribution in [0.15, 0.2) is 46.1 Å². The quantitative estimate of drug-likeness (QED) is 0.569. The second-order valence-electron chi connectivity index (χ2n) is 8.09. The zero-order valence-corrected chi connectivity index (χ0v) is 19.7. The number of ether oxygens (including phenoxy) is 2. The number of hydrogen-bond donors (Lipinski definition) is 0. The third-order valence-electron chi connectivity index (χ3n) is 6.28. The Morgan fingerprint density at radius 2 is 1.84 bits per heavy atom. The minimum Gasteiger partial charge on any atom is -0.459 e. The molecule has 7 heteroatoms. The highest BCUT2D eigenvalue weighted by atomic mass is 35.5. The Balaban J connectivity index is 1.86. The third-order valence-corrected chi connectivity index (χ3v) is 7.50. The van der Waals surface area contributed by atoms with Crippen LogP contribution in [-0.2, 0) is 19.1 Å². The van der Waals surface area contributed by atoms with Gasteiger partial charge in [-0.3, -0.25) is 4.79 Å². The Morgan fingerprint density at radius 1 is 1.16 bits per heavy atom. The average molecular weight is 460 g/mol. The lowest BCUT2D eigenvalue weighted by atomic mass is 9.78. The number of halogens is 1. The maximum absolute atomic E-state index is 13.5. The molecule has 2 aliphatic rings. The molecule has 0 spiro atoms. The molecule has 1 fully saturated rings. The molecular weight excluding hydrogens is 434 g/mol. The number of thiophene rings is 1. The van der Waals surface area contributed by atoms with Gasteiger partial charge in [0.05, 0.1) is 18.8 Å². The van der Waals surface area contributed by atoms with Crippen molar-refractivity contribution in [3.05, 3.63) is 56.7 Å². The van der Waals surface area contributed by atoms with Gasteiger partial charge < -0.3 is 14.4 Å². The Hall–Kier alpha value is -2.15. The van der Waals surface area contributed by atoms with E-state index in [-0.39, 0.29) is 17.9 Å². The number of hydrogen-bond acceptors (Lipinski definition) is 6. The number of Topliss-reactive ketones (excluding diaryl/α,β-unsaturated/α-hetero) is 1. The fraction of sp³-hybridized carbons (Fsp3) is 0.417. The maximum Gasteiger partial charge on any atom is 0.337 e. The molecule has 1 saturated heterocycles. The monoisotopic (exact) mass is 459 g/mol. The van der Waals surface area contributed by atoms with Crippen LogP contribution in [0.3, 0.4) is 0 Å². The third kappa shape index (κ3) is 4.04. The van der Waals surface area contributed by atoms with Gasteiger partial charge in [0.1, 0.15) is 6.10 Å². The van der Waals surface area contributed by atoms with Crippen LogP contribution in [0.1, 0.15) is 45.1 Å². The second kappa shape index (κ2) is 8.77. The molecule has 0 saturated carbocycles. The molecular formula is C24H26ClNO4S. The van der Waals surface area contributed by atoms with Gasteiger partial charge in [-0.1, -0.05) is 11.6 Å². The van der Waals surface area contributed by atoms with E-state index in [1.165, 1.54) is 0 Å². The molecule has 5 nitrogen and oxygen atoms in total. The first-order valence-corrected chi connectivity index (χ1v) is 11.7. The number of benzene rings is 1. The largest absolute Gasteiger partial charge is 0.459 e. The maximum atomic E-state index is 13.5. The number of fused-ring (bicyclic) bond motifs is 1. The van der Waals surface area contributed by atoms with E-state index in [9.17, 15) is 9.59 Å². The molecule has 1 aromatic carbocycles. The smallest absolute Gasteiger partial charge is 0.337 e. The summed E-state index contributed by atoms with van der Waals surface area (Å²) in [5.41, 5.74) is 3.69. The van der Waals surface area contributed by atoms with Crippen molar-refractivity contribution in [2.75, 3.05) is 20.3 Å². The molecule has 0 aliphatic carbocycles. The lowest BCUT2D eigenvalue weighted by Gasteiger charge is -2.36. The summed E-state index contributed by atoms with van der Waals surface area (Å²) >= 11 is 7.88. The highest BCUT2D eigenvalue weighted by Crippen LogP contribution is 2.46. The van der Waals surface area contributed by atoms with Crippen molar-refractivity contribution in [1.29, 1.82) is 0 Å². The molecule has 164 valence electrons.